The number of aromatic nitrogens is 1. The molecule has 0 radical (unpaired) electrons. The van der Waals surface area contributed by atoms with Crippen molar-refractivity contribution in [3.05, 3.63) is 35.9 Å². The van der Waals surface area contributed by atoms with Gasteiger partial charge >= 0.3 is 6.09 Å². The lowest BCUT2D eigenvalue weighted by molar-refractivity contribution is -0.142. The van der Waals surface area contributed by atoms with Crippen molar-refractivity contribution >= 4 is 44.6 Å². The molecule has 15 nitrogen and oxygen atoms in total. The zero-order chi connectivity index (χ0) is 38.6. The van der Waals surface area contributed by atoms with Crippen molar-refractivity contribution in [2.45, 2.75) is 107 Å². The van der Waals surface area contributed by atoms with Crippen molar-refractivity contribution in [1.82, 2.24) is 25.2 Å². The predicted molar refractivity (Wildman–Crippen MR) is 197 cm³/mol. The molecule has 0 bridgehead atoms. The van der Waals surface area contributed by atoms with Crippen molar-refractivity contribution in [1.29, 1.82) is 0 Å². The van der Waals surface area contributed by atoms with Gasteiger partial charge in [0.05, 0.1) is 25.0 Å². The van der Waals surface area contributed by atoms with E-state index < -0.39 is 74.1 Å². The van der Waals surface area contributed by atoms with Crippen LogP contribution < -0.4 is 29.6 Å². The molecule has 3 aliphatic heterocycles. The third-order valence-electron chi connectivity index (χ3n) is 11.9. The number of ether oxygens (including phenoxy) is 3. The normalized spacial score (nSPS) is 31.2. The molecule has 1 aromatic heterocycles. The first-order valence-corrected chi connectivity index (χ1v) is 20.3. The van der Waals surface area contributed by atoms with E-state index in [1.165, 1.54) is 4.90 Å². The number of benzene rings is 1. The molecule has 2 aromatic rings. The van der Waals surface area contributed by atoms with Gasteiger partial charge in [0.1, 0.15) is 29.5 Å². The number of methoxy groups -OCH3 is 1. The van der Waals surface area contributed by atoms with E-state index >= 15 is 0 Å². The number of amides is 4. The van der Waals surface area contributed by atoms with E-state index in [1.54, 1.807) is 20.1 Å². The summed E-state index contributed by atoms with van der Waals surface area (Å²) in [6.07, 6.45) is 6.16. The van der Waals surface area contributed by atoms with Crippen LogP contribution in [0.25, 0.3) is 10.8 Å². The van der Waals surface area contributed by atoms with E-state index in [1.807, 2.05) is 38.1 Å². The fraction of sp³-hybridized carbons (Fsp3) is 0.605. The number of carbonyl (C=O) groups is 4. The van der Waals surface area contributed by atoms with Crippen molar-refractivity contribution in [3.63, 3.8) is 0 Å². The SMILES string of the molecule is COc1ccc2c(O[C@@H]3C[C@H]4C(=O)N[C@]5(C(=O)NS(=O)(=O)C6(C)CC6)C[C@H]5/C=C\CC[C@@H](C)C[C@@H](C)[C@H](NC(=O)O)C(=O)N4C3)nc3c(c2c1)CCCO3. The van der Waals surface area contributed by atoms with Gasteiger partial charge in [-0.15, -0.1) is 0 Å². The molecular weight excluding hydrogens is 719 g/mol. The summed E-state index contributed by atoms with van der Waals surface area (Å²) in [6.45, 7) is 5.84. The lowest BCUT2D eigenvalue weighted by atomic mass is 9.88. The van der Waals surface area contributed by atoms with Crippen LogP contribution in [0, 0.1) is 17.8 Å². The minimum Gasteiger partial charge on any atom is -0.497 e. The zero-order valence-electron chi connectivity index (χ0n) is 31.1. The minimum atomic E-state index is -4.01. The molecule has 4 heterocycles. The minimum absolute atomic E-state index is 0.00596. The number of carbonyl (C=O) groups excluding carboxylic acids is 3. The summed E-state index contributed by atoms with van der Waals surface area (Å²) in [6, 6.07) is 3.18. The van der Waals surface area contributed by atoms with Gasteiger partial charge in [0, 0.05) is 23.3 Å². The van der Waals surface area contributed by atoms with Crippen LogP contribution in [-0.2, 0) is 30.8 Å². The number of aryl methyl sites for hydroxylation is 1. The van der Waals surface area contributed by atoms with Gasteiger partial charge in [0.15, 0.2) is 0 Å². The first kappa shape index (κ1) is 37.7. The summed E-state index contributed by atoms with van der Waals surface area (Å²) in [5.74, 6) is -1.52. The van der Waals surface area contributed by atoms with E-state index in [4.69, 9.17) is 19.2 Å². The van der Waals surface area contributed by atoms with Crippen molar-refractivity contribution < 1.29 is 46.9 Å². The first-order chi connectivity index (χ1) is 25.6. The first-order valence-electron chi connectivity index (χ1n) is 18.8. The highest BCUT2D eigenvalue weighted by Gasteiger charge is 2.63. The van der Waals surface area contributed by atoms with Gasteiger partial charge in [-0.1, -0.05) is 26.0 Å². The average molecular weight is 768 g/mol. The van der Waals surface area contributed by atoms with Crippen LogP contribution in [0.2, 0.25) is 0 Å². The second-order valence-corrected chi connectivity index (χ2v) is 18.1. The second kappa shape index (κ2) is 14.2. The van der Waals surface area contributed by atoms with E-state index in [0.29, 0.717) is 49.3 Å². The maximum absolute atomic E-state index is 14.5. The summed E-state index contributed by atoms with van der Waals surface area (Å²) < 4.78 is 45.5. The Kier molecular flexibility index (Phi) is 9.94. The molecule has 292 valence electrons. The number of nitrogens with one attached hydrogen (secondary N) is 3. The van der Waals surface area contributed by atoms with Gasteiger partial charge in [0.25, 0.3) is 5.91 Å². The standard InChI is InChI=1S/C38H49N5O10S/c1-21-8-5-6-9-23-19-38(23,35(46)42-54(49,50)37(3)13-14-37)41-31(44)29-18-25(20-43(29)34(45)30(22(2)16-21)39-36(47)48)53-33-27-12-11-24(51-4)17-28(27)26-10-7-15-52-32(26)40-33/h6,9,11-12,17,21-23,25,29-30,39H,5,7-8,10,13-16,18-20H2,1-4H3,(H,41,44)(H,42,46)(H,47,48)/b9-6-/t21-,22-,23-,25-,29+,30+,38-/m1/s1. The Morgan fingerprint density at radius 1 is 1.15 bits per heavy atom. The fourth-order valence-corrected chi connectivity index (χ4v) is 9.49. The molecule has 0 unspecified atom stereocenters. The number of nitrogens with zero attached hydrogens (tertiary/aromatic N) is 2. The van der Waals surface area contributed by atoms with E-state index in [2.05, 4.69) is 15.4 Å². The maximum atomic E-state index is 14.5. The number of fused-ring (bicyclic) bond motifs is 5. The Hall–Kier alpha value is -4.60. The monoisotopic (exact) mass is 767 g/mol. The van der Waals surface area contributed by atoms with E-state index in [-0.39, 0.29) is 31.2 Å². The Bertz CT molecular complexity index is 2000. The quantitative estimate of drug-likeness (QED) is 0.301. The van der Waals surface area contributed by atoms with Crippen LogP contribution in [0.3, 0.4) is 0 Å². The molecule has 16 heteroatoms. The Morgan fingerprint density at radius 3 is 2.65 bits per heavy atom. The van der Waals surface area contributed by atoms with E-state index in [9.17, 15) is 32.7 Å². The number of hydrogen-bond donors (Lipinski definition) is 4. The number of sulfonamides is 1. The van der Waals surface area contributed by atoms with Gasteiger partial charge in [-0.2, -0.15) is 4.98 Å². The molecule has 1 aromatic carbocycles. The molecule has 1 saturated heterocycles. The van der Waals surface area contributed by atoms with Crippen LogP contribution >= 0.6 is 0 Å². The molecule has 7 atom stereocenters. The van der Waals surface area contributed by atoms with E-state index in [0.717, 1.165) is 30.2 Å². The molecular formula is C38H49N5O10S. The molecule has 54 heavy (non-hydrogen) atoms. The number of carboxylic acid groups (broad SMARTS) is 1. The number of allylic oxidation sites excluding steroid dienone is 1. The summed E-state index contributed by atoms with van der Waals surface area (Å²) >= 11 is 0. The molecule has 2 saturated carbocycles. The van der Waals surface area contributed by atoms with Crippen LogP contribution in [-0.4, -0.2) is 96.0 Å². The fourth-order valence-electron chi connectivity index (χ4n) is 8.18. The number of pyridine rings is 1. The molecule has 2 aliphatic carbocycles. The highest BCUT2D eigenvalue weighted by molar-refractivity contribution is 7.91. The van der Waals surface area contributed by atoms with Crippen LogP contribution in [0.15, 0.2) is 30.4 Å². The third kappa shape index (κ3) is 7.16. The van der Waals surface area contributed by atoms with Gasteiger partial charge in [-0.25, -0.2) is 13.2 Å². The number of hydrogen-bond acceptors (Lipinski definition) is 10. The zero-order valence-corrected chi connectivity index (χ0v) is 31.9. The van der Waals surface area contributed by atoms with Gasteiger partial charge in [0.2, 0.25) is 33.6 Å². The van der Waals surface area contributed by atoms with Crippen molar-refractivity contribution in [2.24, 2.45) is 17.8 Å². The van der Waals surface area contributed by atoms with Crippen LogP contribution in [0.1, 0.15) is 77.7 Å². The Morgan fingerprint density at radius 2 is 1.93 bits per heavy atom. The topological polar surface area (TPSA) is 203 Å². The highest BCUT2D eigenvalue weighted by Crippen LogP contribution is 2.48. The largest absolute Gasteiger partial charge is 0.497 e. The van der Waals surface area contributed by atoms with Gasteiger partial charge < -0.3 is 34.9 Å². The van der Waals surface area contributed by atoms with Crippen molar-refractivity contribution in [3.8, 4) is 17.5 Å². The molecule has 4 amide bonds. The predicted octanol–water partition coefficient (Wildman–Crippen LogP) is 3.44. The molecule has 4 N–H and O–H groups in total. The number of rotatable bonds is 7. The highest BCUT2D eigenvalue weighted by atomic mass is 32.2. The average Bonchev–Trinajstić information content (AvgIpc) is 4.01. The maximum Gasteiger partial charge on any atom is 0.405 e. The van der Waals surface area contributed by atoms with Crippen molar-refractivity contribution in [2.75, 3.05) is 20.3 Å². The smallest absolute Gasteiger partial charge is 0.405 e. The lowest BCUT2D eigenvalue weighted by Gasteiger charge is -2.32. The molecule has 0 spiro atoms. The van der Waals surface area contributed by atoms with Crippen LogP contribution in [0.4, 0.5) is 4.79 Å². The Balaban J connectivity index is 1.24. The van der Waals surface area contributed by atoms with Gasteiger partial charge in [-0.05, 0) is 93.7 Å². The third-order valence-corrected chi connectivity index (χ3v) is 14.0. The summed E-state index contributed by atoms with van der Waals surface area (Å²) in [5, 5.41) is 16.6. The van der Waals surface area contributed by atoms with Gasteiger partial charge in [-0.3, -0.25) is 19.1 Å². The second-order valence-electron chi connectivity index (χ2n) is 16.0. The Labute approximate surface area is 314 Å². The molecule has 3 fully saturated rings. The molecule has 7 rings (SSSR count). The summed E-state index contributed by atoms with van der Waals surface area (Å²) in [5.41, 5.74) is -0.624. The lowest BCUT2D eigenvalue weighted by Crippen LogP contribution is -2.59. The summed E-state index contributed by atoms with van der Waals surface area (Å²) in [7, 11) is -2.43. The summed E-state index contributed by atoms with van der Waals surface area (Å²) in [4.78, 5) is 60.9. The van der Waals surface area contributed by atoms with Crippen LogP contribution in [0.5, 0.6) is 17.5 Å². The molecule has 5 aliphatic rings.